The molecule has 0 unspecified atom stereocenters. The summed E-state index contributed by atoms with van der Waals surface area (Å²) in [5.41, 5.74) is -0.242. The minimum atomic E-state index is -0.242. The van der Waals surface area contributed by atoms with Gasteiger partial charge in [-0.3, -0.25) is 4.79 Å². The van der Waals surface area contributed by atoms with Crippen molar-refractivity contribution < 1.29 is 0 Å². The fraction of sp³-hybridized carbons (Fsp3) is 0. The molecule has 2 aromatic rings. The van der Waals surface area contributed by atoms with E-state index in [1.165, 1.54) is 18.5 Å². The van der Waals surface area contributed by atoms with Gasteiger partial charge in [-0.15, -0.1) is 0 Å². The number of halogens is 2. The molecule has 0 fully saturated rings. The van der Waals surface area contributed by atoms with Gasteiger partial charge in [0, 0.05) is 12.3 Å². The highest BCUT2D eigenvalue weighted by Crippen LogP contribution is 2.28. The Kier molecular flexibility index (Phi) is 3.42. The van der Waals surface area contributed by atoms with E-state index in [-0.39, 0.29) is 10.8 Å². The Bertz CT molecular complexity index is 574. The lowest BCUT2D eigenvalue weighted by Gasteiger charge is -2.01. The molecule has 2 rings (SSSR count). The van der Waals surface area contributed by atoms with E-state index < -0.39 is 0 Å². The first-order valence-electron chi connectivity index (χ1n) is 4.06. The molecule has 2 aromatic heterocycles. The highest BCUT2D eigenvalue weighted by atomic mass is 35.5. The van der Waals surface area contributed by atoms with Crippen molar-refractivity contribution >= 4 is 35.0 Å². The van der Waals surface area contributed by atoms with Gasteiger partial charge in [0.2, 0.25) is 5.28 Å². The Labute approximate surface area is 104 Å². The van der Waals surface area contributed by atoms with Crippen molar-refractivity contribution in [1.29, 1.82) is 0 Å². The second kappa shape index (κ2) is 4.82. The highest BCUT2D eigenvalue weighted by molar-refractivity contribution is 7.99. The lowest BCUT2D eigenvalue weighted by molar-refractivity contribution is 0.929. The molecule has 5 nitrogen and oxygen atoms in total. The van der Waals surface area contributed by atoms with Crippen LogP contribution in [0.25, 0.3) is 0 Å². The Balaban J connectivity index is 2.33. The first-order valence-corrected chi connectivity index (χ1v) is 5.63. The third-order valence-electron chi connectivity index (χ3n) is 1.52. The predicted octanol–water partition coefficient (Wildman–Crippen LogP) is 2.02. The molecule has 0 radical (unpaired) electrons. The van der Waals surface area contributed by atoms with Crippen LogP contribution in [-0.2, 0) is 0 Å². The Morgan fingerprint density at radius 1 is 1.31 bits per heavy atom. The summed E-state index contributed by atoms with van der Waals surface area (Å²) in [6.07, 6.45) is 2.79. The van der Waals surface area contributed by atoms with Gasteiger partial charge in [-0.25, -0.2) is 15.0 Å². The van der Waals surface area contributed by atoms with Crippen molar-refractivity contribution in [2.45, 2.75) is 10.2 Å². The minimum absolute atomic E-state index is 0.0881. The standard InChI is InChI=1S/C8H4Cl2N4OS/c9-4-3-12-7(10)14-6(4)16-8-11-2-1-5(15)13-8/h1-3H,(H,11,13,15). The average Bonchev–Trinajstić information content (AvgIpc) is 2.24. The molecule has 0 aliphatic carbocycles. The molecule has 0 amide bonds. The van der Waals surface area contributed by atoms with Crippen LogP contribution >= 0.6 is 35.0 Å². The molecule has 0 spiro atoms. The van der Waals surface area contributed by atoms with Gasteiger partial charge in [0.15, 0.2) is 5.16 Å². The molecule has 0 aliphatic rings. The first kappa shape index (κ1) is 11.4. The van der Waals surface area contributed by atoms with Crippen molar-refractivity contribution in [2.24, 2.45) is 0 Å². The van der Waals surface area contributed by atoms with Crippen LogP contribution in [0.4, 0.5) is 0 Å². The average molecular weight is 275 g/mol. The molecule has 0 aromatic carbocycles. The molecule has 0 aliphatic heterocycles. The maximum absolute atomic E-state index is 11.0. The summed E-state index contributed by atoms with van der Waals surface area (Å²) in [6, 6.07) is 1.32. The van der Waals surface area contributed by atoms with Gasteiger partial charge in [-0.2, -0.15) is 0 Å². The minimum Gasteiger partial charge on any atom is -0.301 e. The molecule has 2 heterocycles. The largest absolute Gasteiger partial charge is 0.301 e. The van der Waals surface area contributed by atoms with Gasteiger partial charge in [-0.05, 0) is 23.4 Å². The Hall–Kier alpha value is -1.11. The maximum atomic E-state index is 11.0. The second-order valence-electron chi connectivity index (χ2n) is 2.63. The van der Waals surface area contributed by atoms with Crippen molar-refractivity contribution in [3.63, 3.8) is 0 Å². The summed E-state index contributed by atoms with van der Waals surface area (Å²) in [5.74, 6) is 0. The number of nitrogens with zero attached hydrogens (tertiary/aromatic N) is 3. The summed E-state index contributed by atoms with van der Waals surface area (Å²) < 4.78 is 0. The number of H-pyrrole nitrogens is 1. The fourth-order valence-corrected chi connectivity index (χ4v) is 2.02. The van der Waals surface area contributed by atoms with Crippen LogP contribution in [0.5, 0.6) is 0 Å². The normalized spacial score (nSPS) is 10.4. The molecule has 0 atom stereocenters. The van der Waals surface area contributed by atoms with Gasteiger partial charge in [0.05, 0.1) is 11.2 Å². The molecule has 0 bridgehead atoms. The van der Waals surface area contributed by atoms with Crippen LogP contribution in [-0.4, -0.2) is 19.9 Å². The summed E-state index contributed by atoms with van der Waals surface area (Å²) in [7, 11) is 0. The van der Waals surface area contributed by atoms with E-state index in [2.05, 4.69) is 19.9 Å². The lowest BCUT2D eigenvalue weighted by atomic mass is 10.7. The zero-order valence-corrected chi connectivity index (χ0v) is 9.97. The number of aromatic amines is 1. The van der Waals surface area contributed by atoms with Crippen molar-refractivity contribution in [3.05, 3.63) is 39.1 Å². The molecule has 82 valence electrons. The molecule has 0 saturated heterocycles. The van der Waals surface area contributed by atoms with Gasteiger partial charge < -0.3 is 4.98 Å². The maximum Gasteiger partial charge on any atom is 0.251 e. The quantitative estimate of drug-likeness (QED) is 0.670. The third kappa shape index (κ3) is 2.72. The molecule has 16 heavy (non-hydrogen) atoms. The monoisotopic (exact) mass is 274 g/mol. The molecule has 1 N–H and O–H groups in total. The molecular weight excluding hydrogens is 271 g/mol. The van der Waals surface area contributed by atoms with Gasteiger partial charge in [0.1, 0.15) is 5.03 Å². The number of hydrogen-bond donors (Lipinski definition) is 1. The van der Waals surface area contributed by atoms with Crippen LogP contribution in [0.15, 0.2) is 33.4 Å². The predicted molar refractivity (Wildman–Crippen MR) is 61.0 cm³/mol. The molecular formula is C8H4Cl2N4OS. The lowest BCUT2D eigenvalue weighted by Crippen LogP contribution is -2.05. The first-order chi connectivity index (χ1) is 7.65. The topological polar surface area (TPSA) is 71.5 Å². The van der Waals surface area contributed by atoms with Crippen molar-refractivity contribution in [1.82, 2.24) is 19.9 Å². The van der Waals surface area contributed by atoms with Gasteiger partial charge in [0.25, 0.3) is 5.56 Å². The van der Waals surface area contributed by atoms with Crippen LogP contribution in [0.3, 0.4) is 0 Å². The third-order valence-corrected chi connectivity index (χ3v) is 3.00. The van der Waals surface area contributed by atoms with E-state index in [1.807, 2.05) is 0 Å². The van der Waals surface area contributed by atoms with Crippen molar-refractivity contribution in [3.8, 4) is 0 Å². The molecule has 8 heteroatoms. The summed E-state index contributed by atoms with van der Waals surface area (Å²) >= 11 is 12.6. The van der Waals surface area contributed by atoms with Crippen LogP contribution in [0.2, 0.25) is 10.3 Å². The van der Waals surface area contributed by atoms with E-state index in [1.54, 1.807) is 0 Å². The molecule has 0 saturated carbocycles. The van der Waals surface area contributed by atoms with E-state index in [9.17, 15) is 4.79 Å². The van der Waals surface area contributed by atoms with Crippen molar-refractivity contribution in [2.75, 3.05) is 0 Å². The van der Waals surface area contributed by atoms with E-state index in [4.69, 9.17) is 23.2 Å². The zero-order valence-electron chi connectivity index (χ0n) is 7.65. The Morgan fingerprint density at radius 2 is 2.12 bits per heavy atom. The summed E-state index contributed by atoms with van der Waals surface area (Å²) in [4.78, 5) is 25.2. The van der Waals surface area contributed by atoms with Gasteiger partial charge >= 0.3 is 0 Å². The van der Waals surface area contributed by atoms with Crippen LogP contribution < -0.4 is 5.56 Å². The number of rotatable bonds is 2. The van der Waals surface area contributed by atoms with E-state index in [0.717, 1.165) is 11.8 Å². The summed E-state index contributed by atoms with van der Waals surface area (Å²) in [6.45, 7) is 0. The second-order valence-corrected chi connectivity index (χ2v) is 4.36. The van der Waals surface area contributed by atoms with E-state index >= 15 is 0 Å². The van der Waals surface area contributed by atoms with Gasteiger partial charge in [-0.1, -0.05) is 11.6 Å². The van der Waals surface area contributed by atoms with Crippen LogP contribution in [0.1, 0.15) is 0 Å². The SMILES string of the molecule is O=c1ccnc(Sc2nc(Cl)ncc2Cl)[nH]1. The number of aromatic nitrogens is 4. The number of hydrogen-bond acceptors (Lipinski definition) is 5. The zero-order chi connectivity index (χ0) is 11.5. The smallest absolute Gasteiger partial charge is 0.251 e. The van der Waals surface area contributed by atoms with Crippen LogP contribution in [0, 0.1) is 0 Å². The van der Waals surface area contributed by atoms with E-state index in [0.29, 0.717) is 15.2 Å². The summed E-state index contributed by atoms with van der Waals surface area (Å²) in [5, 5.41) is 1.27. The highest BCUT2D eigenvalue weighted by Gasteiger charge is 2.07. The Morgan fingerprint density at radius 3 is 2.88 bits per heavy atom. The number of nitrogens with one attached hydrogen (secondary N) is 1. The fourth-order valence-electron chi connectivity index (χ4n) is 0.898.